The second-order valence-corrected chi connectivity index (χ2v) is 12.4. The lowest BCUT2D eigenvalue weighted by molar-refractivity contribution is 0.00932. The van der Waals surface area contributed by atoms with E-state index in [4.69, 9.17) is 9.73 Å². The molecule has 0 aromatic rings. The van der Waals surface area contributed by atoms with E-state index in [2.05, 4.69) is 22.0 Å². The molecule has 0 aromatic heterocycles. The van der Waals surface area contributed by atoms with Gasteiger partial charge in [0.2, 0.25) is 0 Å². The first kappa shape index (κ1) is 26.1. The number of guanidine groups is 1. The van der Waals surface area contributed by atoms with Crippen LogP contribution in [-0.4, -0.2) is 93.7 Å². The monoisotopic (exact) mass is 556 g/mol. The van der Waals surface area contributed by atoms with Crippen molar-refractivity contribution in [3.8, 4) is 0 Å². The first-order valence-corrected chi connectivity index (χ1v) is 13.0. The van der Waals surface area contributed by atoms with E-state index in [0.29, 0.717) is 13.1 Å². The van der Waals surface area contributed by atoms with Gasteiger partial charge in [0, 0.05) is 51.2 Å². The Hall–Kier alpha value is -0.130. The van der Waals surface area contributed by atoms with Crippen molar-refractivity contribution < 1.29 is 13.2 Å². The summed E-state index contributed by atoms with van der Waals surface area (Å²) in [4.78, 5) is 9.79. The van der Waals surface area contributed by atoms with Gasteiger partial charge in [0.05, 0.1) is 23.7 Å². The zero-order chi connectivity index (χ0) is 21.0. The Labute approximate surface area is 200 Å². The lowest BCUT2D eigenvalue weighted by Gasteiger charge is -2.42. The average molecular weight is 557 g/mol. The van der Waals surface area contributed by atoms with Crippen molar-refractivity contribution in [3.05, 3.63) is 0 Å². The van der Waals surface area contributed by atoms with Crippen LogP contribution in [0.2, 0.25) is 0 Å². The maximum Gasteiger partial charge on any atom is 0.194 e. The molecule has 2 aliphatic heterocycles. The Morgan fingerprint density at radius 3 is 2.37 bits per heavy atom. The van der Waals surface area contributed by atoms with Gasteiger partial charge in [0.15, 0.2) is 15.8 Å². The van der Waals surface area contributed by atoms with E-state index in [1.54, 1.807) is 0 Å². The van der Waals surface area contributed by atoms with Gasteiger partial charge in [-0.1, -0.05) is 19.3 Å². The molecule has 2 heterocycles. The summed E-state index contributed by atoms with van der Waals surface area (Å²) in [5.74, 6) is 1.07. The van der Waals surface area contributed by atoms with Crippen LogP contribution < -0.4 is 5.32 Å². The van der Waals surface area contributed by atoms with Gasteiger partial charge in [-0.15, -0.1) is 24.0 Å². The van der Waals surface area contributed by atoms with Gasteiger partial charge in [0.25, 0.3) is 0 Å². The van der Waals surface area contributed by atoms with Crippen LogP contribution in [0.25, 0.3) is 0 Å². The first-order chi connectivity index (χ1) is 13.8. The molecule has 0 aromatic carbocycles. The smallest absolute Gasteiger partial charge is 0.194 e. The van der Waals surface area contributed by atoms with Gasteiger partial charge in [0.1, 0.15) is 0 Å². The standard InChI is InChI=1S/C21H40N4O3S.HI/c1-4-22-19(25-12-15-29(26,27)20(2,3)17-25)23-16-21(8-6-5-7-9-21)18-24-10-13-28-14-11-24;/h4-18H2,1-3H3,(H,22,23);1H. The van der Waals surface area contributed by atoms with Crippen molar-refractivity contribution in [2.24, 2.45) is 10.4 Å². The summed E-state index contributed by atoms with van der Waals surface area (Å²) in [6.07, 6.45) is 6.35. The number of nitrogens with one attached hydrogen (secondary N) is 1. The quantitative estimate of drug-likeness (QED) is 0.319. The molecule has 3 fully saturated rings. The number of nitrogens with zero attached hydrogens (tertiary/aromatic N) is 3. The summed E-state index contributed by atoms with van der Waals surface area (Å²) in [6, 6.07) is 0. The molecule has 2 saturated heterocycles. The zero-order valence-electron chi connectivity index (χ0n) is 19.0. The molecule has 0 amide bonds. The molecule has 0 radical (unpaired) electrons. The summed E-state index contributed by atoms with van der Waals surface area (Å²) in [6.45, 7) is 13.2. The number of ether oxygens (including phenoxy) is 1. The minimum Gasteiger partial charge on any atom is -0.379 e. The number of hydrogen-bond acceptors (Lipinski definition) is 5. The predicted octanol–water partition coefficient (Wildman–Crippen LogP) is 2.36. The summed E-state index contributed by atoms with van der Waals surface area (Å²) in [5.41, 5.74) is 0.230. The highest BCUT2D eigenvalue weighted by atomic mass is 127. The van der Waals surface area contributed by atoms with E-state index < -0.39 is 14.6 Å². The fraction of sp³-hybridized carbons (Fsp3) is 0.952. The van der Waals surface area contributed by atoms with Gasteiger partial charge >= 0.3 is 0 Å². The lowest BCUT2D eigenvalue weighted by atomic mass is 9.73. The Morgan fingerprint density at radius 1 is 1.10 bits per heavy atom. The van der Waals surface area contributed by atoms with Crippen LogP contribution in [0.5, 0.6) is 0 Å². The van der Waals surface area contributed by atoms with Crippen LogP contribution in [0.3, 0.4) is 0 Å². The topological polar surface area (TPSA) is 74.2 Å². The van der Waals surface area contributed by atoms with Crippen molar-refractivity contribution >= 4 is 39.8 Å². The van der Waals surface area contributed by atoms with Gasteiger partial charge in [-0.25, -0.2) is 8.42 Å². The number of rotatable bonds is 5. The second kappa shape index (κ2) is 11.1. The van der Waals surface area contributed by atoms with E-state index >= 15 is 0 Å². The predicted molar refractivity (Wildman–Crippen MR) is 134 cm³/mol. The summed E-state index contributed by atoms with van der Waals surface area (Å²) >= 11 is 0. The normalized spacial score (nSPS) is 26.6. The zero-order valence-corrected chi connectivity index (χ0v) is 22.1. The van der Waals surface area contributed by atoms with Crippen LogP contribution in [0, 0.1) is 5.41 Å². The molecule has 0 spiro atoms. The molecule has 0 unspecified atom stereocenters. The van der Waals surface area contributed by atoms with Crippen molar-refractivity contribution in [1.82, 2.24) is 15.1 Å². The van der Waals surface area contributed by atoms with E-state index in [1.165, 1.54) is 32.1 Å². The number of halogens is 1. The Bertz CT molecular complexity index is 672. The molecule has 3 aliphatic rings. The Morgan fingerprint density at radius 2 is 1.77 bits per heavy atom. The number of morpholine rings is 1. The van der Waals surface area contributed by atoms with Crippen molar-refractivity contribution in [2.45, 2.75) is 57.6 Å². The minimum absolute atomic E-state index is 0. The number of hydrogen-bond donors (Lipinski definition) is 1. The van der Waals surface area contributed by atoms with Crippen LogP contribution in [0.15, 0.2) is 4.99 Å². The fourth-order valence-corrected chi connectivity index (χ4v) is 6.26. The van der Waals surface area contributed by atoms with Gasteiger partial charge < -0.3 is 15.0 Å². The number of sulfone groups is 1. The molecule has 1 aliphatic carbocycles. The van der Waals surface area contributed by atoms with Crippen molar-refractivity contribution in [1.29, 1.82) is 0 Å². The third-order valence-corrected chi connectivity index (χ3v) is 9.35. The van der Waals surface area contributed by atoms with Gasteiger partial charge in [-0.05, 0) is 33.6 Å². The minimum atomic E-state index is -3.05. The van der Waals surface area contributed by atoms with Crippen LogP contribution in [0.1, 0.15) is 52.9 Å². The maximum absolute atomic E-state index is 12.4. The average Bonchev–Trinajstić information content (AvgIpc) is 2.69. The molecular weight excluding hydrogens is 515 g/mol. The molecule has 9 heteroatoms. The molecule has 7 nitrogen and oxygen atoms in total. The van der Waals surface area contributed by atoms with Crippen molar-refractivity contribution in [3.63, 3.8) is 0 Å². The fourth-order valence-electron chi connectivity index (χ4n) is 4.89. The highest BCUT2D eigenvalue weighted by Gasteiger charge is 2.41. The molecule has 3 rings (SSSR count). The first-order valence-electron chi connectivity index (χ1n) is 11.3. The number of aliphatic imine (C=N–C) groups is 1. The van der Waals surface area contributed by atoms with E-state index in [1.807, 2.05) is 13.8 Å². The Balaban J connectivity index is 0.00000320. The maximum atomic E-state index is 12.4. The van der Waals surface area contributed by atoms with E-state index in [9.17, 15) is 8.42 Å². The van der Waals surface area contributed by atoms with Crippen molar-refractivity contribution in [2.75, 3.05) is 64.8 Å². The molecular formula is C21H41IN4O3S. The van der Waals surface area contributed by atoms with Gasteiger partial charge in [-0.3, -0.25) is 9.89 Å². The third kappa shape index (κ3) is 6.45. The summed E-state index contributed by atoms with van der Waals surface area (Å²) in [7, 11) is -3.05. The summed E-state index contributed by atoms with van der Waals surface area (Å²) < 4.78 is 29.6. The molecule has 1 N–H and O–H groups in total. The van der Waals surface area contributed by atoms with Crippen LogP contribution in [-0.2, 0) is 14.6 Å². The van der Waals surface area contributed by atoms with Gasteiger partial charge in [-0.2, -0.15) is 0 Å². The largest absolute Gasteiger partial charge is 0.379 e. The molecule has 0 bridgehead atoms. The summed E-state index contributed by atoms with van der Waals surface area (Å²) in [5, 5.41) is 3.43. The van der Waals surface area contributed by atoms with Crippen LogP contribution >= 0.6 is 24.0 Å². The molecule has 176 valence electrons. The lowest BCUT2D eigenvalue weighted by Crippen LogP contribution is -2.57. The highest BCUT2D eigenvalue weighted by Crippen LogP contribution is 2.38. The van der Waals surface area contributed by atoms with E-state index in [0.717, 1.165) is 51.9 Å². The highest BCUT2D eigenvalue weighted by molar-refractivity contribution is 14.0. The third-order valence-electron chi connectivity index (χ3n) is 6.82. The van der Waals surface area contributed by atoms with E-state index in [-0.39, 0.29) is 35.1 Å². The molecule has 0 atom stereocenters. The second-order valence-electron chi connectivity index (χ2n) is 9.62. The molecule has 30 heavy (non-hydrogen) atoms. The van der Waals surface area contributed by atoms with Crippen LogP contribution in [0.4, 0.5) is 0 Å². The SMILES string of the molecule is CCNC(=NCC1(CN2CCOCC2)CCCCC1)N1CCS(=O)(=O)C(C)(C)C1.I. The Kier molecular flexibility index (Phi) is 9.70. The molecule has 1 saturated carbocycles.